The Morgan fingerprint density at radius 3 is 2.47 bits per heavy atom. The van der Waals surface area contributed by atoms with Crippen LogP contribution in [0.25, 0.3) is 0 Å². The fourth-order valence-electron chi connectivity index (χ4n) is 3.22. The number of benzene rings is 1. The fraction of sp³-hybridized carbons (Fsp3) is 0.409. The number of piperidine rings is 1. The van der Waals surface area contributed by atoms with E-state index in [2.05, 4.69) is 10.6 Å². The summed E-state index contributed by atoms with van der Waals surface area (Å²) in [6, 6.07) is 8.32. The number of anilines is 1. The first-order valence-electron chi connectivity index (χ1n) is 9.94. The maximum absolute atomic E-state index is 12.6. The smallest absolute Gasteiger partial charge is 0.412 e. The van der Waals surface area contributed by atoms with E-state index in [1.807, 2.05) is 0 Å². The summed E-state index contributed by atoms with van der Waals surface area (Å²) in [4.78, 5) is 38.7. The van der Waals surface area contributed by atoms with Crippen LogP contribution in [-0.2, 0) is 4.74 Å². The first kappa shape index (κ1) is 21.4. The molecular formula is C22H27N3O5. The number of amides is 3. The Kier molecular flexibility index (Phi) is 6.44. The molecule has 2 N–H and O–H groups in total. The highest BCUT2D eigenvalue weighted by molar-refractivity contribution is 5.96. The quantitative estimate of drug-likeness (QED) is 0.797. The van der Waals surface area contributed by atoms with Gasteiger partial charge in [0.25, 0.3) is 11.8 Å². The minimum Gasteiger partial charge on any atom is -0.472 e. The predicted octanol–water partition coefficient (Wildman–Crippen LogP) is 3.66. The van der Waals surface area contributed by atoms with E-state index in [1.165, 1.54) is 12.5 Å². The second-order valence-corrected chi connectivity index (χ2v) is 8.26. The topological polar surface area (TPSA) is 101 Å². The molecule has 30 heavy (non-hydrogen) atoms. The second-order valence-electron chi connectivity index (χ2n) is 8.26. The van der Waals surface area contributed by atoms with E-state index in [4.69, 9.17) is 9.15 Å². The first-order chi connectivity index (χ1) is 14.2. The van der Waals surface area contributed by atoms with Crippen LogP contribution >= 0.6 is 0 Å². The highest BCUT2D eigenvalue weighted by Crippen LogP contribution is 2.17. The molecule has 160 valence electrons. The van der Waals surface area contributed by atoms with Gasteiger partial charge in [-0.1, -0.05) is 6.07 Å². The number of hydrogen-bond acceptors (Lipinski definition) is 5. The molecule has 8 heteroatoms. The summed E-state index contributed by atoms with van der Waals surface area (Å²) in [5.41, 5.74) is 0.858. The van der Waals surface area contributed by atoms with Crippen LogP contribution in [0.5, 0.6) is 0 Å². The molecule has 2 aromatic rings. The molecule has 3 rings (SSSR count). The third-order valence-electron chi connectivity index (χ3n) is 4.66. The van der Waals surface area contributed by atoms with E-state index >= 15 is 0 Å². The van der Waals surface area contributed by atoms with Gasteiger partial charge < -0.3 is 19.4 Å². The molecule has 1 aromatic heterocycles. The van der Waals surface area contributed by atoms with Crippen LogP contribution in [0.2, 0.25) is 0 Å². The highest BCUT2D eigenvalue weighted by atomic mass is 16.6. The van der Waals surface area contributed by atoms with E-state index in [0.29, 0.717) is 42.7 Å². The van der Waals surface area contributed by atoms with Crippen LogP contribution < -0.4 is 10.6 Å². The highest BCUT2D eigenvalue weighted by Gasteiger charge is 2.25. The normalized spacial score (nSPS) is 14.8. The zero-order valence-corrected chi connectivity index (χ0v) is 17.4. The average Bonchev–Trinajstić information content (AvgIpc) is 3.21. The van der Waals surface area contributed by atoms with Crippen molar-refractivity contribution in [3.8, 4) is 0 Å². The number of hydrogen-bond donors (Lipinski definition) is 2. The molecule has 0 radical (unpaired) electrons. The van der Waals surface area contributed by atoms with E-state index in [0.717, 1.165) is 0 Å². The lowest BCUT2D eigenvalue weighted by Gasteiger charge is -2.32. The molecule has 0 spiro atoms. The van der Waals surface area contributed by atoms with E-state index in [-0.39, 0.29) is 17.9 Å². The van der Waals surface area contributed by atoms with Gasteiger partial charge in [-0.2, -0.15) is 0 Å². The Balaban J connectivity index is 1.52. The Hall–Kier alpha value is -3.29. The maximum Gasteiger partial charge on any atom is 0.412 e. The number of furan rings is 1. The van der Waals surface area contributed by atoms with Crippen molar-refractivity contribution < 1.29 is 23.5 Å². The molecule has 8 nitrogen and oxygen atoms in total. The molecule has 1 fully saturated rings. The minimum absolute atomic E-state index is 0.0200. The molecule has 1 aliphatic heterocycles. The number of nitrogens with one attached hydrogen (secondary N) is 2. The van der Waals surface area contributed by atoms with Gasteiger partial charge in [0.2, 0.25) is 0 Å². The predicted molar refractivity (Wildman–Crippen MR) is 111 cm³/mol. The summed E-state index contributed by atoms with van der Waals surface area (Å²) >= 11 is 0. The number of carbonyl (C=O) groups excluding carboxylic acids is 3. The summed E-state index contributed by atoms with van der Waals surface area (Å²) in [7, 11) is 0. The van der Waals surface area contributed by atoms with Gasteiger partial charge in [0.05, 0.1) is 11.8 Å². The Labute approximate surface area is 175 Å². The molecule has 1 aliphatic rings. The number of nitrogens with zero attached hydrogens (tertiary/aromatic N) is 1. The van der Waals surface area contributed by atoms with Gasteiger partial charge in [-0.25, -0.2) is 4.79 Å². The van der Waals surface area contributed by atoms with Crippen molar-refractivity contribution in [2.75, 3.05) is 18.4 Å². The van der Waals surface area contributed by atoms with Gasteiger partial charge >= 0.3 is 6.09 Å². The average molecular weight is 413 g/mol. The van der Waals surface area contributed by atoms with Gasteiger partial charge in [-0.3, -0.25) is 14.9 Å². The third kappa shape index (κ3) is 5.85. The van der Waals surface area contributed by atoms with Crippen LogP contribution in [0, 0.1) is 0 Å². The zero-order valence-electron chi connectivity index (χ0n) is 17.4. The summed E-state index contributed by atoms with van der Waals surface area (Å²) < 4.78 is 10.2. The lowest BCUT2D eigenvalue weighted by Crippen LogP contribution is -2.46. The summed E-state index contributed by atoms with van der Waals surface area (Å²) in [5.74, 6) is -0.281. The number of rotatable bonds is 4. The molecule has 0 saturated carbocycles. The van der Waals surface area contributed by atoms with E-state index in [9.17, 15) is 14.4 Å². The molecule has 1 aromatic carbocycles. The van der Waals surface area contributed by atoms with Crippen LogP contribution in [0.3, 0.4) is 0 Å². The standard InChI is InChI=1S/C22H27N3O5/c1-22(2,3)30-21(28)24-18-6-4-5-15(13-18)19(26)23-17-7-10-25(11-8-17)20(27)16-9-12-29-14-16/h4-6,9,12-14,17H,7-8,10-11H2,1-3H3,(H,23,26)(H,24,28). The molecule has 3 amide bonds. The van der Waals surface area contributed by atoms with Gasteiger partial charge in [-0.05, 0) is 57.9 Å². The summed E-state index contributed by atoms with van der Waals surface area (Å²) in [6.45, 7) is 6.48. The van der Waals surface area contributed by atoms with Gasteiger partial charge in [0, 0.05) is 30.4 Å². The van der Waals surface area contributed by atoms with Crippen LogP contribution in [0.4, 0.5) is 10.5 Å². The fourth-order valence-corrected chi connectivity index (χ4v) is 3.22. The van der Waals surface area contributed by atoms with Crippen LogP contribution in [-0.4, -0.2) is 47.5 Å². The molecule has 0 bridgehead atoms. The zero-order chi connectivity index (χ0) is 21.7. The molecule has 0 aliphatic carbocycles. The largest absolute Gasteiger partial charge is 0.472 e. The second kappa shape index (κ2) is 9.02. The number of carbonyl (C=O) groups is 3. The lowest BCUT2D eigenvalue weighted by molar-refractivity contribution is 0.0633. The molecule has 2 heterocycles. The van der Waals surface area contributed by atoms with E-state index < -0.39 is 11.7 Å². The molecule has 1 saturated heterocycles. The van der Waals surface area contributed by atoms with Gasteiger partial charge in [-0.15, -0.1) is 0 Å². The maximum atomic E-state index is 12.6. The van der Waals surface area contributed by atoms with Gasteiger partial charge in [0.15, 0.2) is 0 Å². The molecule has 0 atom stereocenters. The van der Waals surface area contributed by atoms with Crippen molar-refractivity contribution in [2.24, 2.45) is 0 Å². The minimum atomic E-state index is -0.604. The number of ether oxygens (including phenoxy) is 1. The Morgan fingerprint density at radius 1 is 1.10 bits per heavy atom. The summed E-state index contributed by atoms with van der Waals surface area (Å²) in [6.07, 6.45) is 3.69. The lowest BCUT2D eigenvalue weighted by atomic mass is 10.0. The SMILES string of the molecule is CC(C)(C)OC(=O)Nc1cccc(C(=O)NC2CCN(C(=O)c3ccoc3)CC2)c1. The van der Waals surface area contributed by atoms with Crippen LogP contribution in [0.1, 0.15) is 54.3 Å². The van der Waals surface area contributed by atoms with Crippen LogP contribution in [0.15, 0.2) is 47.3 Å². The first-order valence-corrected chi connectivity index (χ1v) is 9.94. The van der Waals surface area contributed by atoms with Crippen molar-refractivity contribution in [1.29, 1.82) is 0 Å². The van der Waals surface area contributed by atoms with Crippen molar-refractivity contribution in [3.63, 3.8) is 0 Å². The molecular weight excluding hydrogens is 386 g/mol. The third-order valence-corrected chi connectivity index (χ3v) is 4.66. The Bertz CT molecular complexity index is 894. The van der Waals surface area contributed by atoms with Crippen molar-refractivity contribution in [3.05, 3.63) is 54.0 Å². The monoisotopic (exact) mass is 413 g/mol. The van der Waals surface area contributed by atoms with Crippen molar-refractivity contribution in [1.82, 2.24) is 10.2 Å². The molecule has 0 unspecified atom stereocenters. The van der Waals surface area contributed by atoms with Gasteiger partial charge in [0.1, 0.15) is 11.9 Å². The van der Waals surface area contributed by atoms with E-state index in [1.54, 1.807) is 56.0 Å². The summed E-state index contributed by atoms with van der Waals surface area (Å²) in [5, 5.41) is 5.64. The van der Waals surface area contributed by atoms with Crippen molar-refractivity contribution >= 4 is 23.6 Å². The number of likely N-dealkylation sites (tertiary alicyclic amines) is 1. The van der Waals surface area contributed by atoms with Crippen molar-refractivity contribution in [2.45, 2.75) is 45.3 Å². The Morgan fingerprint density at radius 2 is 1.83 bits per heavy atom.